The quantitative estimate of drug-likeness (QED) is 0.653. The number of rotatable bonds is 4. The van der Waals surface area contributed by atoms with Gasteiger partial charge in [-0.25, -0.2) is 4.98 Å². The number of nitrogens with zero attached hydrogens (tertiary/aromatic N) is 1. The van der Waals surface area contributed by atoms with Gasteiger partial charge in [0.05, 0.1) is 11.3 Å². The molecule has 1 saturated carbocycles. The number of anilines is 1. The van der Waals surface area contributed by atoms with Gasteiger partial charge in [-0.3, -0.25) is 4.79 Å². The van der Waals surface area contributed by atoms with Crippen LogP contribution in [0.2, 0.25) is 0 Å². The number of alkyl halides is 3. The van der Waals surface area contributed by atoms with E-state index in [1.165, 1.54) is 24.1 Å². The zero-order chi connectivity index (χ0) is 19.9. The van der Waals surface area contributed by atoms with Gasteiger partial charge in [0.15, 0.2) is 0 Å². The summed E-state index contributed by atoms with van der Waals surface area (Å²) in [6.07, 6.45) is 0.732. The molecule has 0 saturated heterocycles. The zero-order valence-electron chi connectivity index (χ0n) is 15.4. The third-order valence-corrected chi connectivity index (χ3v) is 5.36. The Balaban J connectivity index is 1.73. The molecule has 2 aromatic heterocycles. The molecular formula is C21H20F3N3O. The predicted octanol–water partition coefficient (Wildman–Crippen LogP) is 5.13. The van der Waals surface area contributed by atoms with Crippen LogP contribution in [0.15, 0.2) is 41.3 Å². The summed E-state index contributed by atoms with van der Waals surface area (Å²) in [5, 5.41) is 4.02. The number of hydrogen-bond donors (Lipinski definition) is 2. The summed E-state index contributed by atoms with van der Waals surface area (Å²) < 4.78 is 38.8. The van der Waals surface area contributed by atoms with Crippen molar-refractivity contribution >= 4 is 16.7 Å². The summed E-state index contributed by atoms with van der Waals surface area (Å²) in [7, 11) is 0. The molecule has 0 aliphatic heterocycles. The molecule has 1 fully saturated rings. The molecule has 7 heteroatoms. The molecule has 1 aliphatic carbocycles. The second kappa shape index (κ2) is 6.96. The van der Waals surface area contributed by atoms with Gasteiger partial charge in [0.25, 0.3) is 5.56 Å². The maximum atomic E-state index is 12.9. The highest BCUT2D eigenvalue weighted by Crippen LogP contribution is 2.42. The van der Waals surface area contributed by atoms with Crippen LogP contribution in [0.25, 0.3) is 11.0 Å². The van der Waals surface area contributed by atoms with Gasteiger partial charge in [0, 0.05) is 24.2 Å². The van der Waals surface area contributed by atoms with Crippen LogP contribution in [-0.4, -0.2) is 9.97 Å². The van der Waals surface area contributed by atoms with Crippen molar-refractivity contribution in [3.8, 4) is 0 Å². The minimum atomic E-state index is -4.38. The summed E-state index contributed by atoms with van der Waals surface area (Å²) >= 11 is 0. The van der Waals surface area contributed by atoms with Crippen LogP contribution in [0.4, 0.5) is 18.9 Å². The first-order valence-electron chi connectivity index (χ1n) is 9.25. The van der Waals surface area contributed by atoms with Crippen molar-refractivity contribution in [1.29, 1.82) is 0 Å². The van der Waals surface area contributed by atoms with E-state index in [4.69, 9.17) is 0 Å². The number of aromatic nitrogens is 2. The van der Waals surface area contributed by atoms with Crippen molar-refractivity contribution in [2.45, 2.75) is 44.8 Å². The van der Waals surface area contributed by atoms with E-state index < -0.39 is 11.7 Å². The molecule has 3 aromatic rings. The van der Waals surface area contributed by atoms with Crippen LogP contribution in [0.1, 0.15) is 47.4 Å². The fourth-order valence-corrected chi connectivity index (χ4v) is 3.76. The Morgan fingerprint density at radius 1 is 1.25 bits per heavy atom. The average Bonchev–Trinajstić information content (AvgIpc) is 2.60. The third kappa shape index (κ3) is 3.48. The number of halogens is 3. The molecule has 28 heavy (non-hydrogen) atoms. The van der Waals surface area contributed by atoms with Crippen LogP contribution < -0.4 is 10.9 Å². The lowest BCUT2D eigenvalue weighted by molar-refractivity contribution is -0.137. The van der Waals surface area contributed by atoms with E-state index in [-0.39, 0.29) is 12.1 Å². The summed E-state index contributed by atoms with van der Waals surface area (Å²) in [6, 6.07) is 6.65. The Hall–Kier alpha value is -2.83. The second-order valence-corrected chi connectivity index (χ2v) is 7.31. The van der Waals surface area contributed by atoms with Crippen molar-refractivity contribution in [3.63, 3.8) is 0 Å². The standard InChI is InChI=1S/C21H20F3N3O/c1-12-10-26-20-19(18(12)14-5-3-6-14)16(9-17(28)27-20)25-11-13-4-2-7-15(8-13)21(22,23)24/h2,4,7-10,14H,3,5-6,11H2,1H3,(H2,25,26,27,28). The molecular weight excluding hydrogens is 367 g/mol. The monoisotopic (exact) mass is 387 g/mol. The predicted molar refractivity (Wildman–Crippen MR) is 102 cm³/mol. The fourth-order valence-electron chi connectivity index (χ4n) is 3.76. The first-order chi connectivity index (χ1) is 13.3. The number of fused-ring (bicyclic) bond motifs is 1. The second-order valence-electron chi connectivity index (χ2n) is 7.31. The van der Waals surface area contributed by atoms with E-state index in [2.05, 4.69) is 15.3 Å². The van der Waals surface area contributed by atoms with Gasteiger partial charge < -0.3 is 10.3 Å². The number of hydrogen-bond acceptors (Lipinski definition) is 3. The molecule has 2 N–H and O–H groups in total. The van der Waals surface area contributed by atoms with Gasteiger partial charge in [-0.05, 0) is 54.5 Å². The minimum absolute atomic E-state index is 0.181. The minimum Gasteiger partial charge on any atom is -0.380 e. The zero-order valence-corrected chi connectivity index (χ0v) is 15.4. The van der Waals surface area contributed by atoms with Gasteiger partial charge in [0.1, 0.15) is 5.65 Å². The van der Waals surface area contributed by atoms with E-state index in [1.807, 2.05) is 6.92 Å². The largest absolute Gasteiger partial charge is 0.416 e. The molecule has 0 unspecified atom stereocenters. The van der Waals surface area contributed by atoms with E-state index >= 15 is 0 Å². The highest BCUT2D eigenvalue weighted by Gasteiger charge is 2.30. The molecule has 4 rings (SSSR count). The molecule has 1 aliphatic rings. The van der Waals surface area contributed by atoms with Crippen LogP contribution in [-0.2, 0) is 12.7 Å². The Labute approximate surface area is 159 Å². The maximum absolute atomic E-state index is 12.9. The molecule has 0 bridgehead atoms. The molecule has 1 aromatic carbocycles. The fraction of sp³-hybridized carbons (Fsp3) is 0.333. The lowest BCUT2D eigenvalue weighted by atomic mass is 9.77. The van der Waals surface area contributed by atoms with E-state index in [9.17, 15) is 18.0 Å². The SMILES string of the molecule is Cc1cnc2[nH]c(=O)cc(NCc3cccc(C(F)(F)F)c3)c2c1C1CCC1. The maximum Gasteiger partial charge on any atom is 0.416 e. The van der Waals surface area contributed by atoms with Crippen molar-refractivity contribution in [2.24, 2.45) is 0 Å². The van der Waals surface area contributed by atoms with Crippen LogP contribution in [0, 0.1) is 6.92 Å². The Morgan fingerprint density at radius 3 is 2.71 bits per heavy atom. The van der Waals surface area contributed by atoms with E-state index in [0.29, 0.717) is 22.8 Å². The first kappa shape index (κ1) is 18.5. The van der Waals surface area contributed by atoms with Crippen LogP contribution in [0.5, 0.6) is 0 Å². The van der Waals surface area contributed by atoms with Gasteiger partial charge in [-0.15, -0.1) is 0 Å². The Morgan fingerprint density at radius 2 is 2.04 bits per heavy atom. The lowest BCUT2D eigenvalue weighted by Gasteiger charge is -2.29. The highest BCUT2D eigenvalue weighted by atomic mass is 19.4. The number of benzene rings is 1. The number of aromatic amines is 1. The van der Waals surface area contributed by atoms with Crippen molar-refractivity contribution in [3.05, 3.63) is 69.1 Å². The van der Waals surface area contributed by atoms with E-state index in [0.717, 1.165) is 35.9 Å². The number of H-pyrrole nitrogens is 1. The highest BCUT2D eigenvalue weighted by molar-refractivity contribution is 5.93. The summed E-state index contributed by atoms with van der Waals surface area (Å²) in [5.41, 5.74) is 2.85. The Kier molecular flexibility index (Phi) is 4.61. The molecule has 2 heterocycles. The summed E-state index contributed by atoms with van der Waals surface area (Å²) in [5.74, 6) is 0.422. The first-order valence-corrected chi connectivity index (χ1v) is 9.25. The lowest BCUT2D eigenvalue weighted by Crippen LogP contribution is -2.15. The topological polar surface area (TPSA) is 57.8 Å². The molecule has 146 valence electrons. The van der Waals surface area contributed by atoms with Gasteiger partial charge in [-0.2, -0.15) is 13.2 Å². The summed E-state index contributed by atoms with van der Waals surface area (Å²) in [4.78, 5) is 19.2. The van der Waals surface area contributed by atoms with Gasteiger partial charge in [-0.1, -0.05) is 18.6 Å². The Bertz CT molecular complexity index is 1080. The van der Waals surface area contributed by atoms with Crippen LogP contribution >= 0.6 is 0 Å². The normalized spacial score (nSPS) is 14.9. The average molecular weight is 387 g/mol. The molecule has 0 spiro atoms. The number of nitrogens with one attached hydrogen (secondary N) is 2. The van der Waals surface area contributed by atoms with Crippen molar-refractivity contribution in [1.82, 2.24) is 9.97 Å². The van der Waals surface area contributed by atoms with E-state index in [1.54, 1.807) is 12.3 Å². The molecule has 0 radical (unpaired) electrons. The smallest absolute Gasteiger partial charge is 0.380 e. The van der Waals surface area contributed by atoms with Gasteiger partial charge in [0.2, 0.25) is 0 Å². The molecule has 0 atom stereocenters. The molecule has 4 nitrogen and oxygen atoms in total. The van der Waals surface area contributed by atoms with Crippen LogP contribution in [0.3, 0.4) is 0 Å². The third-order valence-electron chi connectivity index (χ3n) is 5.36. The molecule has 0 amide bonds. The van der Waals surface area contributed by atoms with Crippen molar-refractivity contribution in [2.75, 3.05) is 5.32 Å². The number of aryl methyl sites for hydroxylation is 1. The summed E-state index contributed by atoms with van der Waals surface area (Å²) in [6.45, 7) is 2.18. The van der Waals surface area contributed by atoms with Crippen molar-refractivity contribution < 1.29 is 13.2 Å². The number of pyridine rings is 2. The van der Waals surface area contributed by atoms with Gasteiger partial charge >= 0.3 is 6.18 Å².